The van der Waals surface area contributed by atoms with Gasteiger partial charge < -0.3 is 29.2 Å². The molecule has 31 heavy (non-hydrogen) atoms. The van der Waals surface area contributed by atoms with E-state index in [1.807, 2.05) is 20.8 Å². The average Bonchev–Trinajstić information content (AvgIpc) is 2.70. The molecule has 0 aliphatic carbocycles. The molecule has 0 aromatic carbocycles. The van der Waals surface area contributed by atoms with Crippen LogP contribution in [0.2, 0.25) is 0 Å². The van der Waals surface area contributed by atoms with E-state index < -0.39 is 61.3 Å². The lowest BCUT2D eigenvalue weighted by Crippen LogP contribution is -2.37. The third-order valence-electron chi connectivity index (χ3n) is 4.45. The third-order valence-corrected chi connectivity index (χ3v) is 4.45. The lowest BCUT2D eigenvalue weighted by Gasteiger charge is -2.26. The van der Waals surface area contributed by atoms with E-state index in [-0.39, 0.29) is 25.2 Å². The number of hydrogen-bond acceptors (Lipinski definition) is 10. The fourth-order valence-corrected chi connectivity index (χ4v) is 2.87. The first kappa shape index (κ1) is 28.8. The van der Waals surface area contributed by atoms with Crippen molar-refractivity contribution in [1.82, 2.24) is 0 Å². The number of methoxy groups -OCH3 is 1. The Bertz CT molecular complexity index is 585. The smallest absolute Gasteiger partial charge is 0.310 e. The Balaban J connectivity index is 5.57. The maximum Gasteiger partial charge on any atom is 0.310 e. The topological polar surface area (TPSA) is 146 Å². The van der Waals surface area contributed by atoms with Gasteiger partial charge in [-0.05, 0) is 18.8 Å². The fourth-order valence-electron chi connectivity index (χ4n) is 2.87. The van der Waals surface area contributed by atoms with E-state index in [1.165, 1.54) is 6.92 Å². The summed E-state index contributed by atoms with van der Waals surface area (Å²) in [6.45, 7) is 6.23. The minimum Gasteiger partial charge on any atom is -0.469 e. The number of carbonyl (C=O) groups excluding carboxylic acids is 4. The molecule has 0 heterocycles. The molecule has 0 radical (unpaired) electrons. The highest BCUT2D eigenvalue weighted by Gasteiger charge is 2.40. The van der Waals surface area contributed by atoms with Gasteiger partial charge in [-0.25, -0.2) is 0 Å². The number of carbonyl (C=O) groups is 4. The molecule has 0 aromatic heterocycles. The van der Waals surface area contributed by atoms with Gasteiger partial charge in [0.2, 0.25) is 0 Å². The predicted molar refractivity (Wildman–Crippen MR) is 109 cm³/mol. The molecule has 0 rings (SSSR count). The van der Waals surface area contributed by atoms with Crippen LogP contribution >= 0.6 is 0 Å². The van der Waals surface area contributed by atoms with Crippen molar-refractivity contribution in [3.05, 3.63) is 0 Å². The Hall–Kier alpha value is -2.20. The Morgan fingerprint density at radius 3 is 1.97 bits per heavy atom. The van der Waals surface area contributed by atoms with E-state index in [4.69, 9.17) is 19.3 Å². The van der Waals surface area contributed by atoms with E-state index >= 15 is 0 Å². The summed E-state index contributed by atoms with van der Waals surface area (Å²) < 4.78 is 19.8. The minimum atomic E-state index is -1.40. The second-order valence-electron chi connectivity index (χ2n) is 8.14. The molecule has 0 aromatic rings. The molecule has 0 fully saturated rings. The van der Waals surface area contributed by atoms with Gasteiger partial charge in [-0.1, -0.05) is 27.2 Å². The summed E-state index contributed by atoms with van der Waals surface area (Å²) in [5.74, 6) is -6.25. The van der Waals surface area contributed by atoms with E-state index in [0.717, 1.165) is 20.0 Å². The Morgan fingerprint density at radius 1 is 0.935 bits per heavy atom. The molecule has 10 nitrogen and oxygen atoms in total. The van der Waals surface area contributed by atoms with Crippen LogP contribution in [0.3, 0.4) is 0 Å². The number of hydrogen-bond donors (Lipinski definition) is 2. The quantitative estimate of drug-likeness (QED) is 0.275. The summed E-state index contributed by atoms with van der Waals surface area (Å²) in [5, 5.41) is 18.3. The third kappa shape index (κ3) is 12.3. The van der Waals surface area contributed by atoms with Gasteiger partial charge in [0.1, 0.15) is 13.2 Å². The zero-order valence-electron chi connectivity index (χ0n) is 19.0. The summed E-state index contributed by atoms with van der Waals surface area (Å²) >= 11 is 0. The van der Waals surface area contributed by atoms with Crippen molar-refractivity contribution in [3.63, 3.8) is 0 Å². The van der Waals surface area contributed by atoms with Crippen LogP contribution < -0.4 is 0 Å². The summed E-state index contributed by atoms with van der Waals surface area (Å²) in [4.78, 5) is 49.4. The van der Waals surface area contributed by atoms with Crippen molar-refractivity contribution < 1.29 is 48.3 Å². The largest absolute Gasteiger partial charge is 0.469 e. The minimum absolute atomic E-state index is 0.117. The average molecular weight is 449 g/mol. The molecule has 0 amide bonds. The Labute approximate surface area is 183 Å². The zero-order chi connectivity index (χ0) is 24.0. The standard InChI is InChI=1S/C21H36O10/c1-6-7-21(3,4)13-31-18(25)11-16(20(27)30-12-14(2)23)15(10-17(24)28-5)19(26)29-9-8-22/h14-16,22-23H,6-13H2,1-5H3. The lowest BCUT2D eigenvalue weighted by atomic mass is 9.86. The van der Waals surface area contributed by atoms with Gasteiger partial charge in [0, 0.05) is 0 Å². The molecule has 3 unspecified atom stereocenters. The Morgan fingerprint density at radius 2 is 1.48 bits per heavy atom. The second kappa shape index (κ2) is 14.7. The molecule has 2 N–H and O–H groups in total. The van der Waals surface area contributed by atoms with Crippen LogP contribution in [0.15, 0.2) is 0 Å². The van der Waals surface area contributed by atoms with Crippen molar-refractivity contribution in [3.8, 4) is 0 Å². The first-order valence-electron chi connectivity index (χ1n) is 10.3. The molecule has 10 heteroatoms. The van der Waals surface area contributed by atoms with Crippen LogP contribution in [-0.2, 0) is 38.1 Å². The van der Waals surface area contributed by atoms with Crippen LogP contribution in [0.5, 0.6) is 0 Å². The number of aliphatic hydroxyl groups excluding tert-OH is 2. The highest BCUT2D eigenvalue weighted by atomic mass is 16.6. The molecule has 180 valence electrons. The SMILES string of the molecule is CCCC(C)(C)COC(=O)CC(C(=O)OCC(C)O)C(CC(=O)OC)C(=O)OCCO. The van der Waals surface area contributed by atoms with Gasteiger partial charge >= 0.3 is 23.9 Å². The zero-order valence-corrected chi connectivity index (χ0v) is 19.0. The highest BCUT2D eigenvalue weighted by Crippen LogP contribution is 2.26. The summed E-state index contributed by atoms with van der Waals surface area (Å²) in [5.41, 5.74) is -0.266. The van der Waals surface area contributed by atoms with Crippen molar-refractivity contribution >= 4 is 23.9 Å². The fraction of sp³-hybridized carbons (Fsp3) is 0.810. The summed E-state index contributed by atoms with van der Waals surface area (Å²) in [7, 11) is 1.11. The molecule has 0 bridgehead atoms. The summed E-state index contributed by atoms with van der Waals surface area (Å²) in [6.07, 6.45) is -0.317. The summed E-state index contributed by atoms with van der Waals surface area (Å²) in [6, 6.07) is 0. The van der Waals surface area contributed by atoms with Crippen LogP contribution in [-0.4, -0.2) is 73.7 Å². The molecule has 0 aliphatic heterocycles. The van der Waals surface area contributed by atoms with Gasteiger partial charge in [-0.15, -0.1) is 0 Å². The van der Waals surface area contributed by atoms with Gasteiger partial charge in [-0.2, -0.15) is 0 Å². The maximum atomic E-state index is 12.6. The lowest BCUT2D eigenvalue weighted by molar-refractivity contribution is -0.169. The first-order valence-corrected chi connectivity index (χ1v) is 10.3. The number of esters is 4. The van der Waals surface area contributed by atoms with Gasteiger partial charge in [0.15, 0.2) is 0 Å². The second-order valence-corrected chi connectivity index (χ2v) is 8.14. The number of rotatable bonds is 15. The molecular formula is C21H36O10. The van der Waals surface area contributed by atoms with Crippen molar-refractivity contribution in [2.75, 3.05) is 33.5 Å². The van der Waals surface area contributed by atoms with Crippen LogP contribution in [0.1, 0.15) is 53.4 Å². The molecule has 0 spiro atoms. The van der Waals surface area contributed by atoms with E-state index in [0.29, 0.717) is 0 Å². The molecule has 0 aliphatic rings. The number of ether oxygens (including phenoxy) is 4. The van der Waals surface area contributed by atoms with E-state index in [1.54, 1.807) is 0 Å². The molecule has 3 atom stereocenters. The van der Waals surface area contributed by atoms with E-state index in [9.17, 15) is 24.3 Å². The van der Waals surface area contributed by atoms with Gasteiger partial charge in [-0.3, -0.25) is 19.2 Å². The highest BCUT2D eigenvalue weighted by molar-refractivity contribution is 5.88. The van der Waals surface area contributed by atoms with Crippen LogP contribution in [0.25, 0.3) is 0 Å². The first-order chi connectivity index (χ1) is 14.5. The molecular weight excluding hydrogens is 412 g/mol. The van der Waals surface area contributed by atoms with Crippen molar-refractivity contribution in [2.45, 2.75) is 59.5 Å². The van der Waals surface area contributed by atoms with Gasteiger partial charge in [0.25, 0.3) is 0 Å². The van der Waals surface area contributed by atoms with Crippen molar-refractivity contribution in [1.29, 1.82) is 0 Å². The van der Waals surface area contributed by atoms with Crippen LogP contribution in [0.4, 0.5) is 0 Å². The van der Waals surface area contributed by atoms with Crippen LogP contribution in [0, 0.1) is 17.3 Å². The Kier molecular flexibility index (Phi) is 13.7. The van der Waals surface area contributed by atoms with Crippen molar-refractivity contribution in [2.24, 2.45) is 17.3 Å². The maximum absolute atomic E-state index is 12.6. The predicted octanol–water partition coefficient (Wildman–Crippen LogP) is 1.00. The monoisotopic (exact) mass is 448 g/mol. The number of aliphatic hydroxyl groups is 2. The van der Waals surface area contributed by atoms with Gasteiger partial charge in [0.05, 0.1) is 51.1 Å². The molecule has 0 saturated carbocycles. The van der Waals surface area contributed by atoms with E-state index in [2.05, 4.69) is 4.74 Å². The normalized spacial score (nSPS) is 14.2. The molecule has 0 saturated heterocycles.